The minimum Gasteiger partial charge on any atom is -0.453 e. The number of carbonyl (C=O) groups excluding carboxylic acids is 4. The van der Waals surface area contributed by atoms with Gasteiger partial charge in [-0.05, 0) is 86.5 Å². The van der Waals surface area contributed by atoms with Crippen LogP contribution < -0.4 is 10.6 Å². The molecule has 16 nitrogen and oxygen atoms in total. The first-order chi connectivity index (χ1) is 29.0. The highest BCUT2D eigenvalue weighted by molar-refractivity contribution is 5.88. The zero-order valence-electron chi connectivity index (χ0n) is 34.8. The number of benzene rings is 2. The molecule has 2 aromatic heterocycles. The van der Waals surface area contributed by atoms with Gasteiger partial charge in [-0.25, -0.2) is 19.6 Å². The smallest absolute Gasteiger partial charge is 0.407 e. The quantitative estimate of drug-likeness (QED) is 0.129. The molecule has 2 saturated carbocycles. The second kappa shape index (κ2) is 17.1. The van der Waals surface area contributed by atoms with Gasteiger partial charge < -0.3 is 49.3 Å². The third-order valence-corrected chi connectivity index (χ3v) is 13.3. The van der Waals surface area contributed by atoms with E-state index in [1.165, 1.54) is 28.4 Å². The van der Waals surface area contributed by atoms with Crippen LogP contribution in [0.1, 0.15) is 76.1 Å². The van der Waals surface area contributed by atoms with Crippen LogP contribution in [0.25, 0.3) is 33.6 Å². The van der Waals surface area contributed by atoms with Crippen molar-refractivity contribution in [2.75, 3.05) is 28.4 Å². The molecule has 4 bridgehead atoms. The van der Waals surface area contributed by atoms with Crippen LogP contribution in [0.15, 0.2) is 60.9 Å². The Morgan fingerprint density at radius 1 is 0.600 bits per heavy atom. The molecule has 4 heterocycles. The van der Waals surface area contributed by atoms with Gasteiger partial charge in [0.25, 0.3) is 0 Å². The predicted molar refractivity (Wildman–Crippen MR) is 220 cm³/mol. The lowest BCUT2D eigenvalue weighted by Gasteiger charge is -2.37. The van der Waals surface area contributed by atoms with E-state index in [1.54, 1.807) is 13.8 Å². The van der Waals surface area contributed by atoms with Gasteiger partial charge in [0, 0.05) is 26.3 Å². The number of amides is 4. The number of nitrogens with zero attached hydrogens (tertiary/aromatic N) is 4. The third kappa shape index (κ3) is 7.62. The maximum atomic E-state index is 14.0. The number of alkyl carbamates (subject to hydrolysis) is 2. The molecular weight excluding hydrogens is 769 g/mol. The summed E-state index contributed by atoms with van der Waals surface area (Å²) in [6, 6.07) is 14.4. The maximum absolute atomic E-state index is 14.0. The average molecular weight is 823 g/mol. The largest absolute Gasteiger partial charge is 0.453 e. The Balaban J connectivity index is 0.953. The number of likely N-dealkylation sites (tertiary alicyclic amines) is 2. The molecule has 4 aromatic rings. The minimum atomic E-state index is -0.893. The summed E-state index contributed by atoms with van der Waals surface area (Å²) in [4.78, 5) is 72.8. The number of imidazole rings is 2. The van der Waals surface area contributed by atoms with Gasteiger partial charge in [-0.1, -0.05) is 48.5 Å². The molecule has 60 heavy (non-hydrogen) atoms. The predicted octanol–water partition coefficient (Wildman–Crippen LogP) is 5.76. The van der Waals surface area contributed by atoms with E-state index >= 15 is 0 Å². The van der Waals surface area contributed by atoms with Gasteiger partial charge in [-0.2, -0.15) is 0 Å². The van der Waals surface area contributed by atoms with Crippen molar-refractivity contribution in [3.8, 4) is 33.6 Å². The minimum absolute atomic E-state index is 0.0676. The lowest BCUT2D eigenvalue weighted by atomic mass is 9.96. The number of nitrogens with one attached hydrogen (secondary N) is 4. The molecule has 2 aliphatic heterocycles. The van der Waals surface area contributed by atoms with Crippen LogP contribution in [0.5, 0.6) is 0 Å². The fraction of sp³-hybridized carbons (Fsp3) is 0.500. The summed E-state index contributed by atoms with van der Waals surface area (Å²) in [5, 5.41) is 5.36. The van der Waals surface area contributed by atoms with Crippen molar-refractivity contribution in [1.29, 1.82) is 0 Å². The monoisotopic (exact) mass is 822 g/mol. The lowest BCUT2D eigenvalue weighted by Crippen LogP contribution is -2.56. The number of piperidine rings is 2. The number of ether oxygens (including phenoxy) is 4. The Bertz CT molecular complexity index is 2040. The van der Waals surface area contributed by atoms with Crippen LogP contribution in [0.4, 0.5) is 9.59 Å². The first-order valence-electron chi connectivity index (χ1n) is 20.7. The summed E-state index contributed by atoms with van der Waals surface area (Å²) in [6.45, 7) is 3.52. The van der Waals surface area contributed by atoms with E-state index in [9.17, 15) is 19.2 Å². The summed E-state index contributed by atoms with van der Waals surface area (Å²) >= 11 is 0. The average Bonchev–Trinajstić information content (AvgIpc) is 4.16. The van der Waals surface area contributed by atoms with Crippen LogP contribution in [0, 0.1) is 11.8 Å². The van der Waals surface area contributed by atoms with Gasteiger partial charge in [0.15, 0.2) is 0 Å². The normalized spacial score (nSPS) is 24.8. The van der Waals surface area contributed by atoms with Gasteiger partial charge in [-0.3, -0.25) is 9.59 Å². The van der Waals surface area contributed by atoms with Crippen LogP contribution >= 0.6 is 0 Å². The maximum Gasteiger partial charge on any atom is 0.407 e. The number of fused-ring (bicyclic) bond motifs is 4. The highest BCUT2D eigenvalue weighted by atomic mass is 16.5. The number of hydrogen-bond acceptors (Lipinski definition) is 10. The Hall–Kier alpha value is -5.74. The molecular formula is C44H54N8O8. The van der Waals surface area contributed by atoms with E-state index in [4.69, 9.17) is 28.9 Å². The van der Waals surface area contributed by atoms with Crippen molar-refractivity contribution >= 4 is 24.0 Å². The molecule has 0 unspecified atom stereocenters. The zero-order valence-corrected chi connectivity index (χ0v) is 34.8. The van der Waals surface area contributed by atoms with E-state index in [0.29, 0.717) is 0 Å². The molecule has 0 radical (unpaired) electrons. The summed E-state index contributed by atoms with van der Waals surface area (Å²) in [6.07, 6.45) is 6.78. The topological polar surface area (TPSA) is 193 Å². The van der Waals surface area contributed by atoms with Gasteiger partial charge >= 0.3 is 12.2 Å². The van der Waals surface area contributed by atoms with Gasteiger partial charge in [0.1, 0.15) is 23.7 Å². The Labute approximate surface area is 349 Å². The Kier molecular flexibility index (Phi) is 11.7. The number of carbonyl (C=O) groups is 4. The van der Waals surface area contributed by atoms with E-state index in [1.807, 2.05) is 22.2 Å². The summed E-state index contributed by atoms with van der Waals surface area (Å²) in [7, 11) is 5.58. The zero-order chi connectivity index (χ0) is 42.2. The molecule has 2 saturated heterocycles. The number of hydrogen-bond donors (Lipinski definition) is 4. The van der Waals surface area contributed by atoms with Gasteiger partial charge in [0.05, 0.1) is 62.3 Å². The molecule has 2 aliphatic carbocycles. The van der Waals surface area contributed by atoms with Crippen molar-refractivity contribution < 1.29 is 38.1 Å². The standard InChI is InChI=1S/C44H54N8O8/c1-23(57-3)35(49-43(55)59-5)41(53)51-31-17-15-29(19-31)37(51)39-45-21-33(47-39)27-11-7-25(8-12-27)26-9-13-28(14-10-26)34-22-46-40(48-34)38-30-16-18-32(20-30)52(38)42(54)36(24(2)58-4)50-44(56)60-6/h7-14,21-24,29-32,35-38H,15-20H2,1-6H3,(H,45,47)(H,46,48)(H,49,55)(H,50,56)/t23-,24-,29+,30+,31+,32+,35-,36-,37-,38-/m0/s1. The molecule has 318 valence electrons. The second-order valence-corrected chi connectivity index (χ2v) is 16.5. The van der Waals surface area contributed by atoms with Crippen molar-refractivity contribution in [2.24, 2.45) is 11.8 Å². The Morgan fingerprint density at radius 2 is 0.967 bits per heavy atom. The molecule has 8 rings (SSSR count). The van der Waals surface area contributed by atoms with E-state index < -0.39 is 36.5 Å². The molecule has 4 amide bonds. The highest BCUT2D eigenvalue weighted by Crippen LogP contribution is 2.51. The fourth-order valence-corrected chi connectivity index (χ4v) is 9.99. The van der Waals surface area contributed by atoms with Crippen molar-refractivity contribution in [2.45, 2.75) is 101 Å². The van der Waals surface area contributed by atoms with E-state index in [0.717, 1.165) is 83.8 Å². The van der Waals surface area contributed by atoms with Gasteiger partial charge in [0.2, 0.25) is 11.8 Å². The van der Waals surface area contributed by atoms with E-state index in [2.05, 4.69) is 69.1 Å². The highest BCUT2D eigenvalue weighted by Gasteiger charge is 2.53. The molecule has 4 N–H and O–H groups in total. The molecule has 10 atom stereocenters. The molecule has 0 spiro atoms. The summed E-state index contributed by atoms with van der Waals surface area (Å²) in [5.41, 5.74) is 5.74. The Morgan fingerprint density at radius 3 is 1.32 bits per heavy atom. The van der Waals surface area contributed by atoms with Crippen molar-refractivity contribution in [1.82, 2.24) is 40.4 Å². The lowest BCUT2D eigenvalue weighted by molar-refractivity contribution is -0.142. The van der Waals surface area contributed by atoms with Crippen LogP contribution in [0.2, 0.25) is 0 Å². The van der Waals surface area contributed by atoms with Crippen molar-refractivity contribution in [3.63, 3.8) is 0 Å². The SMILES string of the molecule is COC(=O)N[C@H](C(=O)N1[C@@H]2CC[C@H](C2)[C@H]1c1ncc(-c2ccc(-c3ccc(-c4cnc([C@@H]5[C@@H]6CC[C@H](C6)N5C(=O)[C@@H](NC(=O)OC)[C@H](C)OC)[nH]4)cc3)cc2)[nH]1)[C@H](C)OC. The van der Waals surface area contributed by atoms with Crippen LogP contribution in [0.3, 0.4) is 0 Å². The first-order valence-corrected chi connectivity index (χ1v) is 20.7. The summed E-state index contributed by atoms with van der Waals surface area (Å²) < 4.78 is 20.6. The molecule has 4 aliphatic rings. The van der Waals surface area contributed by atoms with Gasteiger partial charge in [-0.15, -0.1) is 0 Å². The number of aromatic amines is 2. The second-order valence-electron chi connectivity index (χ2n) is 16.5. The number of methoxy groups -OCH3 is 4. The molecule has 16 heteroatoms. The van der Waals surface area contributed by atoms with E-state index in [-0.39, 0.29) is 47.8 Å². The third-order valence-electron chi connectivity index (χ3n) is 13.3. The number of rotatable bonds is 13. The van der Waals surface area contributed by atoms with Crippen LogP contribution in [-0.4, -0.2) is 119 Å². The number of aromatic nitrogens is 4. The number of H-pyrrole nitrogens is 2. The fourth-order valence-electron chi connectivity index (χ4n) is 9.99. The molecule has 4 fully saturated rings. The van der Waals surface area contributed by atoms with Crippen molar-refractivity contribution in [3.05, 3.63) is 72.6 Å². The van der Waals surface area contributed by atoms with Crippen LogP contribution in [-0.2, 0) is 28.5 Å². The summed E-state index contributed by atoms with van der Waals surface area (Å²) in [5.74, 6) is 1.59. The first kappa shape index (κ1) is 41.0. The molecule has 2 aromatic carbocycles.